The monoisotopic (exact) mass is 320 g/mol. The van der Waals surface area contributed by atoms with Crippen LogP contribution in [0.1, 0.15) is 16.7 Å². The van der Waals surface area contributed by atoms with Gasteiger partial charge in [-0.15, -0.1) is 0 Å². The zero-order chi connectivity index (χ0) is 16.6. The van der Waals surface area contributed by atoms with Crippen LogP contribution in [0, 0.1) is 10.1 Å². The minimum atomic E-state index is -4.62. The van der Waals surface area contributed by atoms with E-state index in [0.717, 1.165) is 23.3 Å². The van der Waals surface area contributed by atoms with Crippen molar-refractivity contribution in [3.8, 4) is 0 Å². The molecule has 0 aromatic heterocycles. The molecule has 2 aromatic carbocycles. The lowest BCUT2D eigenvalue weighted by Gasteiger charge is -2.25. The summed E-state index contributed by atoms with van der Waals surface area (Å²) in [6, 6.07) is 10.1. The van der Waals surface area contributed by atoms with Gasteiger partial charge in [-0.2, -0.15) is 13.2 Å². The van der Waals surface area contributed by atoms with Crippen molar-refractivity contribution in [2.24, 2.45) is 0 Å². The molecule has 1 aliphatic heterocycles. The third-order valence-electron chi connectivity index (χ3n) is 3.64. The summed E-state index contributed by atoms with van der Waals surface area (Å²) in [5, 5.41) is 11.2. The van der Waals surface area contributed by atoms with Gasteiger partial charge < -0.3 is 4.90 Å². The van der Waals surface area contributed by atoms with Gasteiger partial charge in [0, 0.05) is 18.8 Å². The summed E-state index contributed by atoms with van der Waals surface area (Å²) in [7, 11) is 0. The predicted octanol–water partition coefficient (Wildman–Crippen LogP) is 4.60. The molecule has 3 rings (SSSR count). The van der Waals surface area contributed by atoms with E-state index in [4.69, 9.17) is 0 Å². The second-order valence-corrected chi connectivity index (χ2v) is 5.10. The molecule has 1 heterocycles. The summed E-state index contributed by atoms with van der Waals surface area (Å²) in [6.45, 7) is 0.360. The van der Waals surface area contributed by atoms with Crippen LogP contribution >= 0.6 is 0 Å². The highest BCUT2D eigenvalue weighted by molar-refractivity contribution is 5.71. The fraction of sp³-hybridized carbons (Fsp3) is 0.125. The number of benzene rings is 2. The van der Waals surface area contributed by atoms with E-state index in [1.165, 1.54) is 0 Å². The van der Waals surface area contributed by atoms with Crippen molar-refractivity contribution in [1.82, 2.24) is 0 Å². The van der Waals surface area contributed by atoms with Crippen molar-refractivity contribution < 1.29 is 18.1 Å². The quantitative estimate of drug-likeness (QED) is 0.600. The molecule has 0 fully saturated rings. The van der Waals surface area contributed by atoms with Crippen molar-refractivity contribution in [2.45, 2.75) is 12.7 Å². The predicted molar refractivity (Wildman–Crippen MR) is 79.8 cm³/mol. The lowest BCUT2D eigenvalue weighted by Crippen LogP contribution is -2.20. The Labute approximate surface area is 129 Å². The summed E-state index contributed by atoms with van der Waals surface area (Å²) < 4.78 is 38.3. The van der Waals surface area contributed by atoms with E-state index >= 15 is 0 Å². The number of nitrogens with zero attached hydrogens (tertiary/aromatic N) is 2. The Morgan fingerprint density at radius 3 is 2.57 bits per heavy atom. The Hall–Kier alpha value is -2.83. The lowest BCUT2D eigenvalue weighted by atomic mass is 10.0. The molecular weight excluding hydrogens is 309 g/mol. The third kappa shape index (κ3) is 2.90. The molecule has 0 spiro atoms. The maximum Gasteiger partial charge on any atom is 0.416 e. The highest BCUT2D eigenvalue weighted by atomic mass is 19.4. The summed E-state index contributed by atoms with van der Waals surface area (Å²) >= 11 is 0. The van der Waals surface area contributed by atoms with Gasteiger partial charge in [0.1, 0.15) is 5.69 Å². The van der Waals surface area contributed by atoms with Crippen LogP contribution in [0.2, 0.25) is 0 Å². The molecule has 4 nitrogen and oxygen atoms in total. The highest BCUT2D eigenvalue weighted by Crippen LogP contribution is 2.38. The SMILES string of the molecule is O=[N+]([O-])c1cc(C(F)(F)F)ccc1N1C=Cc2ccccc2C1. The molecule has 2 aromatic rings. The first-order valence-corrected chi connectivity index (χ1v) is 6.74. The van der Waals surface area contributed by atoms with Gasteiger partial charge >= 0.3 is 6.18 Å². The second kappa shape index (κ2) is 5.42. The van der Waals surface area contributed by atoms with Crippen LogP contribution in [-0.2, 0) is 12.7 Å². The number of halogens is 3. The van der Waals surface area contributed by atoms with Gasteiger partial charge in [0.2, 0.25) is 0 Å². The largest absolute Gasteiger partial charge is 0.416 e. The molecule has 0 atom stereocenters. The Morgan fingerprint density at radius 2 is 1.87 bits per heavy atom. The van der Waals surface area contributed by atoms with Crippen LogP contribution in [0.15, 0.2) is 48.7 Å². The van der Waals surface area contributed by atoms with Crippen LogP contribution in [0.3, 0.4) is 0 Å². The first kappa shape index (κ1) is 15.1. The standard InChI is InChI=1S/C16H11F3N2O2/c17-16(18,19)13-5-6-14(15(9-13)21(22)23)20-8-7-11-3-1-2-4-12(11)10-20/h1-9H,10H2. The summed E-state index contributed by atoms with van der Waals surface area (Å²) in [5.74, 6) is 0. The lowest BCUT2D eigenvalue weighted by molar-refractivity contribution is -0.384. The molecular formula is C16H11F3N2O2. The van der Waals surface area contributed by atoms with Crippen LogP contribution in [0.5, 0.6) is 0 Å². The number of alkyl halides is 3. The van der Waals surface area contributed by atoms with E-state index in [1.807, 2.05) is 24.3 Å². The Kier molecular flexibility index (Phi) is 3.55. The van der Waals surface area contributed by atoms with Crippen LogP contribution < -0.4 is 4.90 Å². The van der Waals surface area contributed by atoms with Crippen molar-refractivity contribution >= 4 is 17.5 Å². The zero-order valence-electron chi connectivity index (χ0n) is 11.7. The molecule has 0 saturated carbocycles. The first-order valence-electron chi connectivity index (χ1n) is 6.74. The second-order valence-electron chi connectivity index (χ2n) is 5.10. The summed E-state index contributed by atoms with van der Waals surface area (Å²) in [4.78, 5) is 12.0. The summed E-state index contributed by atoms with van der Waals surface area (Å²) in [6.07, 6.45) is -1.20. The van der Waals surface area contributed by atoms with Crippen LogP contribution in [0.4, 0.5) is 24.5 Å². The molecule has 0 radical (unpaired) electrons. The van der Waals surface area contributed by atoms with Gasteiger partial charge in [-0.3, -0.25) is 10.1 Å². The van der Waals surface area contributed by atoms with Crippen LogP contribution in [0.25, 0.3) is 6.08 Å². The Morgan fingerprint density at radius 1 is 1.13 bits per heavy atom. The van der Waals surface area contributed by atoms with Crippen molar-refractivity contribution in [1.29, 1.82) is 0 Å². The van der Waals surface area contributed by atoms with Gasteiger partial charge in [-0.1, -0.05) is 24.3 Å². The van der Waals surface area contributed by atoms with E-state index in [0.29, 0.717) is 12.6 Å². The number of nitro groups is 1. The number of nitro benzene ring substituents is 1. The minimum absolute atomic E-state index is 0.133. The fourth-order valence-corrected chi connectivity index (χ4v) is 2.50. The third-order valence-corrected chi connectivity index (χ3v) is 3.64. The molecule has 0 saturated heterocycles. The molecule has 23 heavy (non-hydrogen) atoms. The number of hydrogen-bond donors (Lipinski definition) is 0. The fourth-order valence-electron chi connectivity index (χ4n) is 2.50. The molecule has 0 N–H and O–H groups in total. The van der Waals surface area contributed by atoms with E-state index in [2.05, 4.69) is 0 Å². The molecule has 118 valence electrons. The van der Waals surface area contributed by atoms with Gasteiger partial charge in [0.15, 0.2) is 0 Å². The number of hydrogen-bond acceptors (Lipinski definition) is 3. The number of rotatable bonds is 2. The molecule has 0 amide bonds. The molecule has 0 aliphatic carbocycles. The average Bonchev–Trinajstić information content (AvgIpc) is 2.53. The van der Waals surface area contributed by atoms with Crippen molar-refractivity contribution in [2.75, 3.05) is 4.90 Å². The topological polar surface area (TPSA) is 46.4 Å². The average molecular weight is 320 g/mol. The Balaban J connectivity index is 2.03. The molecule has 7 heteroatoms. The van der Waals surface area contributed by atoms with E-state index < -0.39 is 22.4 Å². The smallest absolute Gasteiger partial charge is 0.338 e. The minimum Gasteiger partial charge on any atom is -0.338 e. The molecule has 1 aliphatic rings. The van der Waals surface area contributed by atoms with Gasteiger partial charge in [0.05, 0.1) is 10.5 Å². The molecule has 0 bridgehead atoms. The molecule has 0 unspecified atom stereocenters. The van der Waals surface area contributed by atoms with Gasteiger partial charge in [-0.25, -0.2) is 0 Å². The van der Waals surface area contributed by atoms with Crippen LogP contribution in [-0.4, -0.2) is 4.92 Å². The highest BCUT2D eigenvalue weighted by Gasteiger charge is 2.33. The van der Waals surface area contributed by atoms with E-state index in [9.17, 15) is 23.3 Å². The van der Waals surface area contributed by atoms with E-state index in [-0.39, 0.29) is 5.69 Å². The number of anilines is 1. The van der Waals surface area contributed by atoms with E-state index in [1.54, 1.807) is 17.2 Å². The normalized spacial score (nSPS) is 13.8. The number of fused-ring (bicyclic) bond motifs is 1. The van der Waals surface area contributed by atoms with Gasteiger partial charge in [0.25, 0.3) is 5.69 Å². The van der Waals surface area contributed by atoms with Crippen molar-refractivity contribution in [3.05, 3.63) is 75.5 Å². The first-order chi connectivity index (χ1) is 10.9. The maximum atomic E-state index is 12.8. The van der Waals surface area contributed by atoms with Crippen molar-refractivity contribution in [3.63, 3.8) is 0 Å². The Bertz CT molecular complexity index is 800. The summed E-state index contributed by atoms with van der Waals surface area (Å²) in [5.41, 5.74) is 0.467. The zero-order valence-corrected chi connectivity index (χ0v) is 11.7. The van der Waals surface area contributed by atoms with Gasteiger partial charge in [-0.05, 0) is 29.3 Å². The maximum absolute atomic E-state index is 12.8.